The first-order valence-corrected chi connectivity index (χ1v) is 6.73. The summed E-state index contributed by atoms with van der Waals surface area (Å²) < 4.78 is 0. The second kappa shape index (κ2) is 5.43. The van der Waals surface area contributed by atoms with Crippen LogP contribution in [0.25, 0.3) is 11.3 Å². The van der Waals surface area contributed by atoms with Gasteiger partial charge >= 0.3 is 0 Å². The van der Waals surface area contributed by atoms with Crippen molar-refractivity contribution >= 4 is 11.3 Å². The molecule has 1 heterocycles. The van der Waals surface area contributed by atoms with Crippen LogP contribution < -0.4 is 5.32 Å². The maximum atomic E-state index is 4.71. The predicted molar refractivity (Wildman–Crippen MR) is 74.3 cm³/mol. The zero-order chi connectivity index (χ0) is 12.3. The summed E-state index contributed by atoms with van der Waals surface area (Å²) in [7, 11) is 0. The summed E-state index contributed by atoms with van der Waals surface area (Å²) in [5.41, 5.74) is 2.33. The van der Waals surface area contributed by atoms with Crippen LogP contribution in [0.4, 0.5) is 0 Å². The van der Waals surface area contributed by atoms with E-state index in [1.807, 2.05) is 6.07 Å². The van der Waals surface area contributed by atoms with Gasteiger partial charge in [0.15, 0.2) is 0 Å². The van der Waals surface area contributed by atoms with Gasteiger partial charge in [-0.05, 0) is 6.92 Å². The van der Waals surface area contributed by atoms with E-state index in [0.29, 0.717) is 6.04 Å². The van der Waals surface area contributed by atoms with E-state index in [1.54, 1.807) is 11.3 Å². The Balaban J connectivity index is 2.20. The van der Waals surface area contributed by atoms with Crippen molar-refractivity contribution in [2.75, 3.05) is 0 Å². The molecule has 1 aromatic carbocycles. The Morgan fingerprint density at radius 3 is 2.59 bits per heavy atom. The minimum atomic E-state index is 0.499. The van der Waals surface area contributed by atoms with Crippen molar-refractivity contribution in [2.24, 2.45) is 0 Å². The Bertz CT molecular complexity index is 474. The quantitative estimate of drug-likeness (QED) is 0.891. The monoisotopic (exact) mass is 246 g/mol. The number of nitrogens with zero attached hydrogens (tertiary/aromatic N) is 1. The molecule has 90 valence electrons. The van der Waals surface area contributed by atoms with E-state index in [-0.39, 0.29) is 0 Å². The molecule has 0 radical (unpaired) electrons. The summed E-state index contributed by atoms with van der Waals surface area (Å²) in [6.45, 7) is 7.30. The molecule has 0 aliphatic rings. The van der Waals surface area contributed by atoms with Crippen LogP contribution in [0.3, 0.4) is 0 Å². The van der Waals surface area contributed by atoms with E-state index in [4.69, 9.17) is 4.98 Å². The van der Waals surface area contributed by atoms with Crippen LogP contribution in [0, 0.1) is 6.92 Å². The largest absolute Gasteiger partial charge is 0.308 e. The maximum Gasteiger partial charge on any atom is 0.107 e. The molecule has 0 saturated carbocycles. The minimum Gasteiger partial charge on any atom is -0.308 e. The molecule has 0 aliphatic carbocycles. The molecule has 1 aromatic heterocycles. The minimum absolute atomic E-state index is 0.499. The SMILES string of the molecule is Cc1sc(CNC(C)C)nc1-c1ccccc1. The fraction of sp³-hybridized carbons (Fsp3) is 0.357. The lowest BCUT2D eigenvalue weighted by Gasteiger charge is -2.04. The summed E-state index contributed by atoms with van der Waals surface area (Å²) in [6.07, 6.45) is 0. The van der Waals surface area contributed by atoms with E-state index in [2.05, 4.69) is 50.4 Å². The lowest BCUT2D eigenvalue weighted by atomic mass is 10.1. The Morgan fingerprint density at radius 2 is 1.94 bits per heavy atom. The van der Waals surface area contributed by atoms with Gasteiger partial charge in [-0.1, -0.05) is 44.2 Å². The second-order valence-electron chi connectivity index (χ2n) is 4.41. The van der Waals surface area contributed by atoms with E-state index in [9.17, 15) is 0 Å². The van der Waals surface area contributed by atoms with Crippen molar-refractivity contribution in [1.82, 2.24) is 10.3 Å². The van der Waals surface area contributed by atoms with Crippen LogP contribution >= 0.6 is 11.3 Å². The molecule has 0 spiro atoms. The van der Waals surface area contributed by atoms with Crippen molar-refractivity contribution in [3.8, 4) is 11.3 Å². The summed E-state index contributed by atoms with van der Waals surface area (Å²) in [6, 6.07) is 10.9. The summed E-state index contributed by atoms with van der Waals surface area (Å²) in [5, 5.41) is 4.56. The Hall–Kier alpha value is -1.19. The fourth-order valence-electron chi connectivity index (χ4n) is 1.68. The molecule has 2 nitrogen and oxygen atoms in total. The topological polar surface area (TPSA) is 24.9 Å². The van der Waals surface area contributed by atoms with Gasteiger partial charge < -0.3 is 5.32 Å². The van der Waals surface area contributed by atoms with E-state index >= 15 is 0 Å². The van der Waals surface area contributed by atoms with Gasteiger partial charge in [-0.3, -0.25) is 0 Å². The maximum absolute atomic E-state index is 4.71. The summed E-state index contributed by atoms with van der Waals surface area (Å²) in [4.78, 5) is 6.00. The average Bonchev–Trinajstić information content (AvgIpc) is 2.69. The molecule has 0 aliphatic heterocycles. The second-order valence-corrected chi connectivity index (χ2v) is 5.70. The Morgan fingerprint density at radius 1 is 1.24 bits per heavy atom. The smallest absolute Gasteiger partial charge is 0.107 e. The zero-order valence-electron chi connectivity index (χ0n) is 10.5. The van der Waals surface area contributed by atoms with E-state index in [0.717, 1.165) is 17.2 Å². The number of thiazole rings is 1. The third-order valence-corrected chi connectivity index (χ3v) is 3.52. The first-order valence-electron chi connectivity index (χ1n) is 5.92. The van der Waals surface area contributed by atoms with Crippen LogP contribution in [0.15, 0.2) is 30.3 Å². The molecular weight excluding hydrogens is 228 g/mol. The normalized spacial score (nSPS) is 11.1. The average molecular weight is 246 g/mol. The third-order valence-electron chi connectivity index (χ3n) is 2.55. The molecule has 0 atom stereocenters. The molecule has 1 N–H and O–H groups in total. The molecule has 0 unspecified atom stereocenters. The molecule has 17 heavy (non-hydrogen) atoms. The number of hydrogen-bond acceptors (Lipinski definition) is 3. The van der Waals surface area contributed by atoms with Crippen molar-refractivity contribution in [1.29, 1.82) is 0 Å². The highest BCUT2D eigenvalue weighted by atomic mass is 32.1. The number of rotatable bonds is 4. The van der Waals surface area contributed by atoms with Gasteiger partial charge in [-0.25, -0.2) is 4.98 Å². The van der Waals surface area contributed by atoms with Crippen molar-refractivity contribution in [3.63, 3.8) is 0 Å². The Kier molecular flexibility index (Phi) is 3.92. The highest BCUT2D eigenvalue weighted by molar-refractivity contribution is 7.12. The predicted octanol–water partition coefficient (Wildman–Crippen LogP) is 3.62. The number of benzene rings is 1. The van der Waals surface area contributed by atoms with Crippen LogP contribution in [0.1, 0.15) is 23.7 Å². The van der Waals surface area contributed by atoms with Crippen molar-refractivity contribution in [3.05, 3.63) is 40.2 Å². The van der Waals surface area contributed by atoms with Gasteiger partial charge in [0, 0.05) is 23.0 Å². The molecule has 0 amide bonds. The molecule has 0 saturated heterocycles. The highest BCUT2D eigenvalue weighted by Gasteiger charge is 2.09. The first-order chi connectivity index (χ1) is 8.16. The summed E-state index contributed by atoms with van der Waals surface area (Å²) in [5.74, 6) is 0. The molecule has 3 heteroatoms. The van der Waals surface area contributed by atoms with E-state index < -0.39 is 0 Å². The number of nitrogens with one attached hydrogen (secondary N) is 1. The van der Waals surface area contributed by atoms with Crippen molar-refractivity contribution < 1.29 is 0 Å². The fourth-order valence-corrected chi connectivity index (χ4v) is 2.59. The highest BCUT2D eigenvalue weighted by Crippen LogP contribution is 2.27. The van der Waals surface area contributed by atoms with Crippen LogP contribution in [-0.4, -0.2) is 11.0 Å². The lowest BCUT2D eigenvalue weighted by Crippen LogP contribution is -2.21. The van der Waals surface area contributed by atoms with Gasteiger partial charge in [-0.15, -0.1) is 11.3 Å². The Labute approximate surface area is 107 Å². The molecule has 2 aromatic rings. The molecule has 0 fully saturated rings. The standard InChI is InChI=1S/C14H18N2S/c1-10(2)15-9-13-16-14(11(3)17-13)12-7-5-4-6-8-12/h4-8,10,15H,9H2,1-3H3. The van der Waals surface area contributed by atoms with Gasteiger partial charge in [0.1, 0.15) is 5.01 Å². The first kappa shape index (κ1) is 12.3. The third kappa shape index (κ3) is 3.14. The zero-order valence-corrected chi connectivity index (χ0v) is 11.3. The number of hydrogen-bond donors (Lipinski definition) is 1. The van der Waals surface area contributed by atoms with Gasteiger partial charge in [0.2, 0.25) is 0 Å². The van der Waals surface area contributed by atoms with Crippen LogP contribution in [0.2, 0.25) is 0 Å². The number of aryl methyl sites for hydroxylation is 1. The van der Waals surface area contributed by atoms with Crippen molar-refractivity contribution in [2.45, 2.75) is 33.4 Å². The van der Waals surface area contributed by atoms with Crippen LogP contribution in [0.5, 0.6) is 0 Å². The summed E-state index contributed by atoms with van der Waals surface area (Å²) >= 11 is 1.78. The molecular formula is C14H18N2S. The lowest BCUT2D eigenvalue weighted by molar-refractivity contribution is 0.587. The number of aromatic nitrogens is 1. The van der Waals surface area contributed by atoms with Gasteiger partial charge in [-0.2, -0.15) is 0 Å². The van der Waals surface area contributed by atoms with Gasteiger partial charge in [0.05, 0.1) is 5.69 Å². The van der Waals surface area contributed by atoms with Crippen LogP contribution in [-0.2, 0) is 6.54 Å². The molecule has 0 bridgehead atoms. The van der Waals surface area contributed by atoms with Gasteiger partial charge in [0.25, 0.3) is 0 Å². The van der Waals surface area contributed by atoms with E-state index in [1.165, 1.54) is 10.4 Å². The molecule has 2 rings (SSSR count).